The summed E-state index contributed by atoms with van der Waals surface area (Å²) in [6.45, 7) is 2.91. The molecule has 2 aromatic rings. The number of aryl methyl sites for hydroxylation is 1. The Morgan fingerprint density at radius 3 is 3.07 bits per heavy atom. The normalized spacial score (nSPS) is 12.9. The van der Waals surface area contributed by atoms with Crippen LogP contribution in [0.2, 0.25) is 0 Å². The van der Waals surface area contributed by atoms with E-state index >= 15 is 0 Å². The molecule has 4 nitrogen and oxygen atoms in total. The molecule has 80 valence electrons. The predicted molar refractivity (Wildman–Crippen MR) is 60.6 cm³/mol. The number of rotatable bonds is 4. The van der Waals surface area contributed by atoms with Crippen LogP contribution < -0.4 is 5.32 Å². The Balaban J connectivity index is 1.88. The molecule has 0 fully saturated rings. The Morgan fingerprint density at radius 2 is 2.47 bits per heavy atom. The molecular formula is C10H14N4S. The van der Waals surface area contributed by atoms with E-state index in [1.165, 1.54) is 4.88 Å². The van der Waals surface area contributed by atoms with E-state index in [1.807, 2.05) is 13.2 Å². The molecule has 2 heterocycles. The summed E-state index contributed by atoms with van der Waals surface area (Å²) in [5, 5.41) is 13.4. The highest BCUT2D eigenvalue weighted by molar-refractivity contribution is 7.10. The van der Waals surface area contributed by atoms with Gasteiger partial charge in [0.1, 0.15) is 0 Å². The average molecular weight is 222 g/mol. The number of hydrogen-bond acceptors (Lipinski definition) is 4. The van der Waals surface area contributed by atoms with Crippen LogP contribution in [0, 0.1) is 0 Å². The van der Waals surface area contributed by atoms with Crippen LogP contribution >= 0.6 is 11.3 Å². The number of nitrogens with zero attached hydrogens (tertiary/aromatic N) is 3. The summed E-state index contributed by atoms with van der Waals surface area (Å²) in [6.07, 6.45) is 1.92. The van der Waals surface area contributed by atoms with Crippen LogP contribution in [0.15, 0.2) is 23.7 Å². The van der Waals surface area contributed by atoms with Gasteiger partial charge >= 0.3 is 0 Å². The zero-order valence-electron chi connectivity index (χ0n) is 8.84. The lowest BCUT2D eigenvalue weighted by atomic mass is 10.2. The van der Waals surface area contributed by atoms with Crippen molar-refractivity contribution in [3.8, 4) is 0 Å². The lowest BCUT2D eigenvalue weighted by molar-refractivity contribution is 0.574. The molecule has 1 N–H and O–H groups in total. The first kappa shape index (κ1) is 10.3. The van der Waals surface area contributed by atoms with Gasteiger partial charge in [0.25, 0.3) is 0 Å². The van der Waals surface area contributed by atoms with Gasteiger partial charge in [0.05, 0.1) is 5.69 Å². The monoisotopic (exact) mass is 222 g/mol. The average Bonchev–Trinajstić information content (AvgIpc) is 2.84. The molecule has 15 heavy (non-hydrogen) atoms. The molecule has 1 unspecified atom stereocenters. The van der Waals surface area contributed by atoms with E-state index in [1.54, 1.807) is 16.0 Å². The highest BCUT2D eigenvalue weighted by atomic mass is 32.1. The smallest absolute Gasteiger partial charge is 0.0964 e. The highest BCUT2D eigenvalue weighted by Crippen LogP contribution is 2.18. The van der Waals surface area contributed by atoms with Crippen molar-refractivity contribution in [1.29, 1.82) is 0 Å². The molecule has 2 aromatic heterocycles. The first-order valence-electron chi connectivity index (χ1n) is 4.87. The SMILES string of the molecule is CC(NCc1cn(C)nn1)c1cccs1. The third kappa shape index (κ3) is 2.64. The fourth-order valence-electron chi connectivity index (χ4n) is 1.37. The summed E-state index contributed by atoms with van der Waals surface area (Å²) in [4.78, 5) is 1.35. The molecule has 0 amide bonds. The lowest BCUT2D eigenvalue weighted by Gasteiger charge is -2.09. The molecule has 1 atom stereocenters. The molecule has 2 rings (SSSR count). The topological polar surface area (TPSA) is 42.7 Å². The minimum absolute atomic E-state index is 0.368. The van der Waals surface area contributed by atoms with E-state index in [9.17, 15) is 0 Å². The second kappa shape index (κ2) is 4.55. The summed E-state index contributed by atoms with van der Waals surface area (Å²) in [6, 6.07) is 4.58. The van der Waals surface area contributed by atoms with Gasteiger partial charge in [-0.25, -0.2) is 0 Å². The molecule has 0 saturated heterocycles. The van der Waals surface area contributed by atoms with Crippen molar-refractivity contribution in [3.63, 3.8) is 0 Å². The number of nitrogens with one attached hydrogen (secondary N) is 1. The van der Waals surface area contributed by atoms with E-state index in [0.717, 1.165) is 12.2 Å². The largest absolute Gasteiger partial charge is 0.304 e. The van der Waals surface area contributed by atoms with Crippen LogP contribution in [0.1, 0.15) is 23.5 Å². The Kier molecular flexibility index (Phi) is 3.13. The van der Waals surface area contributed by atoms with Crippen molar-refractivity contribution >= 4 is 11.3 Å². The molecule has 0 bridgehead atoms. The summed E-state index contributed by atoms with van der Waals surface area (Å²) in [7, 11) is 1.87. The van der Waals surface area contributed by atoms with Gasteiger partial charge in [-0.1, -0.05) is 11.3 Å². The van der Waals surface area contributed by atoms with Crippen LogP contribution in [-0.2, 0) is 13.6 Å². The fraction of sp³-hybridized carbons (Fsp3) is 0.400. The van der Waals surface area contributed by atoms with Crippen molar-refractivity contribution in [2.45, 2.75) is 19.5 Å². The predicted octanol–water partition coefficient (Wildman–Crippen LogP) is 1.73. The molecule has 0 aliphatic carbocycles. The van der Waals surface area contributed by atoms with Crippen LogP contribution in [0.4, 0.5) is 0 Å². The minimum Gasteiger partial charge on any atom is -0.304 e. The van der Waals surface area contributed by atoms with E-state index < -0.39 is 0 Å². The third-order valence-corrected chi connectivity index (χ3v) is 3.26. The molecule has 0 aromatic carbocycles. The van der Waals surface area contributed by atoms with Crippen molar-refractivity contribution in [2.75, 3.05) is 0 Å². The number of hydrogen-bond donors (Lipinski definition) is 1. The minimum atomic E-state index is 0.368. The zero-order chi connectivity index (χ0) is 10.7. The zero-order valence-corrected chi connectivity index (χ0v) is 9.66. The van der Waals surface area contributed by atoms with Gasteiger partial charge in [-0.2, -0.15) is 0 Å². The molecule has 0 radical (unpaired) electrons. The van der Waals surface area contributed by atoms with Gasteiger partial charge in [-0.05, 0) is 18.4 Å². The van der Waals surface area contributed by atoms with E-state index in [-0.39, 0.29) is 0 Å². The maximum absolute atomic E-state index is 4.02. The molecule has 0 aliphatic heterocycles. The molecular weight excluding hydrogens is 208 g/mol. The molecule has 0 spiro atoms. The van der Waals surface area contributed by atoms with Gasteiger partial charge < -0.3 is 5.32 Å². The van der Waals surface area contributed by atoms with Crippen LogP contribution in [0.5, 0.6) is 0 Å². The molecule has 0 saturated carbocycles. The van der Waals surface area contributed by atoms with Gasteiger partial charge in [0, 0.05) is 30.7 Å². The Labute approximate surface area is 92.9 Å². The Morgan fingerprint density at radius 1 is 1.60 bits per heavy atom. The summed E-state index contributed by atoms with van der Waals surface area (Å²) in [5.74, 6) is 0. The van der Waals surface area contributed by atoms with Gasteiger partial charge in [0.2, 0.25) is 0 Å². The van der Waals surface area contributed by atoms with E-state index in [0.29, 0.717) is 6.04 Å². The Bertz CT molecular complexity index is 407. The number of thiophene rings is 1. The second-order valence-corrected chi connectivity index (χ2v) is 4.48. The second-order valence-electron chi connectivity index (χ2n) is 3.50. The van der Waals surface area contributed by atoms with Crippen LogP contribution in [-0.4, -0.2) is 15.0 Å². The van der Waals surface area contributed by atoms with Gasteiger partial charge in [0.15, 0.2) is 0 Å². The van der Waals surface area contributed by atoms with Gasteiger partial charge in [-0.15, -0.1) is 16.4 Å². The quantitative estimate of drug-likeness (QED) is 0.856. The Hall–Kier alpha value is -1.20. The van der Waals surface area contributed by atoms with Crippen molar-refractivity contribution in [2.24, 2.45) is 7.05 Å². The first-order chi connectivity index (χ1) is 7.25. The van der Waals surface area contributed by atoms with E-state index in [2.05, 4.69) is 40.1 Å². The third-order valence-electron chi connectivity index (χ3n) is 2.21. The lowest BCUT2D eigenvalue weighted by Crippen LogP contribution is -2.17. The van der Waals surface area contributed by atoms with Gasteiger partial charge in [-0.3, -0.25) is 4.68 Å². The molecule has 5 heteroatoms. The summed E-state index contributed by atoms with van der Waals surface area (Å²) >= 11 is 1.77. The van der Waals surface area contributed by atoms with Crippen molar-refractivity contribution in [3.05, 3.63) is 34.3 Å². The fourth-order valence-corrected chi connectivity index (χ4v) is 2.13. The van der Waals surface area contributed by atoms with Crippen molar-refractivity contribution < 1.29 is 0 Å². The van der Waals surface area contributed by atoms with Crippen LogP contribution in [0.3, 0.4) is 0 Å². The summed E-state index contributed by atoms with van der Waals surface area (Å²) < 4.78 is 1.72. The van der Waals surface area contributed by atoms with Crippen molar-refractivity contribution in [1.82, 2.24) is 20.3 Å². The van der Waals surface area contributed by atoms with Crippen LogP contribution in [0.25, 0.3) is 0 Å². The summed E-state index contributed by atoms with van der Waals surface area (Å²) in [5.41, 5.74) is 0.973. The molecule has 0 aliphatic rings. The standard InChI is InChI=1S/C10H14N4S/c1-8(10-4-3-5-15-10)11-6-9-7-14(2)13-12-9/h3-5,7-8,11H,6H2,1-2H3. The first-order valence-corrected chi connectivity index (χ1v) is 5.75. The maximum Gasteiger partial charge on any atom is 0.0964 e. The number of aromatic nitrogens is 3. The van der Waals surface area contributed by atoms with E-state index in [4.69, 9.17) is 0 Å². The maximum atomic E-state index is 4.02. The highest BCUT2D eigenvalue weighted by Gasteiger charge is 2.06.